The smallest absolute Gasteiger partial charge is 0.239 e. The summed E-state index contributed by atoms with van der Waals surface area (Å²) in [5.74, 6) is -0.589. The van der Waals surface area contributed by atoms with Gasteiger partial charge in [0.25, 0.3) is 0 Å². The molecule has 2 aliphatic heterocycles. The summed E-state index contributed by atoms with van der Waals surface area (Å²) in [5, 5.41) is 3.31. The van der Waals surface area contributed by atoms with E-state index in [1.165, 1.54) is 0 Å². The van der Waals surface area contributed by atoms with Gasteiger partial charge in [0.2, 0.25) is 11.8 Å². The van der Waals surface area contributed by atoms with Gasteiger partial charge in [0.1, 0.15) is 5.92 Å². The Morgan fingerprint density at radius 1 is 1.40 bits per heavy atom. The van der Waals surface area contributed by atoms with Crippen molar-refractivity contribution in [2.75, 3.05) is 31.1 Å². The van der Waals surface area contributed by atoms with Crippen molar-refractivity contribution in [1.82, 2.24) is 10.2 Å². The first-order valence-corrected chi connectivity index (χ1v) is 9.49. The van der Waals surface area contributed by atoms with Gasteiger partial charge in [-0.15, -0.1) is 12.4 Å². The van der Waals surface area contributed by atoms with Crippen molar-refractivity contribution in [2.45, 2.75) is 32.2 Å². The van der Waals surface area contributed by atoms with Gasteiger partial charge in [0.05, 0.1) is 0 Å². The third-order valence-electron chi connectivity index (χ3n) is 4.85. The van der Waals surface area contributed by atoms with E-state index < -0.39 is 5.92 Å². The highest BCUT2D eigenvalue weighted by molar-refractivity contribution is 9.10. The van der Waals surface area contributed by atoms with Crippen LogP contribution in [0, 0.1) is 5.92 Å². The molecule has 2 fully saturated rings. The van der Waals surface area contributed by atoms with Gasteiger partial charge in [-0.25, -0.2) is 0 Å². The zero-order valence-electron chi connectivity index (χ0n) is 14.4. The number of anilines is 1. The maximum absolute atomic E-state index is 13.0. The van der Waals surface area contributed by atoms with Crippen LogP contribution in [-0.4, -0.2) is 48.9 Å². The molecule has 5 nitrogen and oxygen atoms in total. The molecule has 1 aromatic rings. The van der Waals surface area contributed by atoms with E-state index in [9.17, 15) is 9.59 Å². The van der Waals surface area contributed by atoms with E-state index in [0.717, 1.165) is 42.6 Å². The van der Waals surface area contributed by atoms with Crippen LogP contribution in [0.25, 0.3) is 0 Å². The number of nitrogens with zero attached hydrogens (tertiary/aromatic N) is 2. The molecule has 1 N–H and O–H groups in total. The number of amides is 2. The lowest BCUT2D eigenvalue weighted by atomic mass is 10.0. The second-order valence-electron chi connectivity index (χ2n) is 6.49. The van der Waals surface area contributed by atoms with Crippen molar-refractivity contribution in [3.63, 3.8) is 0 Å². The van der Waals surface area contributed by atoms with Crippen molar-refractivity contribution in [3.05, 3.63) is 28.7 Å². The fourth-order valence-electron chi connectivity index (χ4n) is 3.63. The largest absolute Gasteiger partial charge is 0.338 e. The average Bonchev–Trinajstić information content (AvgIpc) is 3.21. The van der Waals surface area contributed by atoms with Crippen LogP contribution < -0.4 is 10.2 Å². The van der Waals surface area contributed by atoms with Crippen LogP contribution in [0.3, 0.4) is 0 Å². The number of nitrogens with one attached hydrogen (secondary N) is 1. The molecule has 0 saturated carbocycles. The molecular weight excluding hydrogens is 406 g/mol. The molecule has 2 saturated heterocycles. The van der Waals surface area contributed by atoms with Gasteiger partial charge in [-0.05, 0) is 44.0 Å². The highest BCUT2D eigenvalue weighted by atomic mass is 79.9. The number of benzene rings is 1. The summed E-state index contributed by atoms with van der Waals surface area (Å²) < 4.78 is 0.937. The lowest BCUT2D eigenvalue weighted by molar-refractivity contribution is -0.141. The fourth-order valence-corrected chi connectivity index (χ4v) is 4.02. The minimum absolute atomic E-state index is 0. The summed E-state index contributed by atoms with van der Waals surface area (Å²) in [7, 11) is 0. The van der Waals surface area contributed by atoms with E-state index in [1.807, 2.05) is 29.2 Å². The van der Waals surface area contributed by atoms with Gasteiger partial charge in [-0.2, -0.15) is 0 Å². The Balaban J connectivity index is 0.00000225. The molecule has 2 atom stereocenters. The third kappa shape index (κ3) is 4.36. The molecule has 0 aliphatic carbocycles. The predicted molar refractivity (Wildman–Crippen MR) is 105 cm³/mol. The van der Waals surface area contributed by atoms with E-state index in [0.29, 0.717) is 13.0 Å². The van der Waals surface area contributed by atoms with E-state index in [-0.39, 0.29) is 30.3 Å². The van der Waals surface area contributed by atoms with Crippen LogP contribution in [-0.2, 0) is 9.59 Å². The molecule has 3 rings (SSSR count). The number of hydrogen-bond acceptors (Lipinski definition) is 3. The first-order chi connectivity index (χ1) is 11.6. The number of hydrogen-bond donors (Lipinski definition) is 1. The highest BCUT2D eigenvalue weighted by Crippen LogP contribution is 2.29. The Bertz CT molecular complexity index is 622. The van der Waals surface area contributed by atoms with Gasteiger partial charge in [-0.1, -0.05) is 28.9 Å². The van der Waals surface area contributed by atoms with Crippen molar-refractivity contribution >= 4 is 45.8 Å². The molecule has 7 heteroatoms. The summed E-state index contributed by atoms with van der Waals surface area (Å²) in [5.41, 5.74) is 0.856. The monoisotopic (exact) mass is 429 g/mol. The second kappa shape index (κ2) is 9.01. The molecule has 2 aliphatic rings. The Kier molecular flexibility index (Phi) is 7.28. The Labute approximate surface area is 163 Å². The molecule has 0 aromatic heterocycles. The van der Waals surface area contributed by atoms with Crippen LogP contribution in [0.1, 0.15) is 26.2 Å². The summed E-state index contributed by atoms with van der Waals surface area (Å²) >= 11 is 3.44. The van der Waals surface area contributed by atoms with E-state index >= 15 is 0 Å². The van der Waals surface area contributed by atoms with Crippen molar-refractivity contribution in [3.8, 4) is 0 Å². The minimum Gasteiger partial charge on any atom is -0.338 e. The quantitative estimate of drug-likeness (QED) is 0.731. The van der Waals surface area contributed by atoms with E-state index in [4.69, 9.17) is 0 Å². The SMILES string of the molecule is CCCN(C(=O)C1CCN(c2cccc(Br)c2)C1=O)C1CCNC1.Cl. The lowest BCUT2D eigenvalue weighted by Gasteiger charge is -2.30. The molecule has 138 valence electrons. The molecule has 1 aromatic carbocycles. The number of halogens is 2. The average molecular weight is 431 g/mol. The third-order valence-corrected chi connectivity index (χ3v) is 5.34. The van der Waals surface area contributed by atoms with Crippen molar-refractivity contribution in [2.24, 2.45) is 5.92 Å². The maximum atomic E-state index is 13.0. The van der Waals surface area contributed by atoms with Gasteiger partial charge in [0.15, 0.2) is 0 Å². The van der Waals surface area contributed by atoms with Gasteiger partial charge in [0, 0.05) is 35.8 Å². The first kappa shape index (κ1) is 20.2. The van der Waals surface area contributed by atoms with E-state index in [1.54, 1.807) is 4.90 Å². The molecule has 0 spiro atoms. The van der Waals surface area contributed by atoms with Crippen molar-refractivity contribution < 1.29 is 9.59 Å². The summed E-state index contributed by atoms with van der Waals surface area (Å²) in [6.07, 6.45) is 2.49. The lowest BCUT2D eigenvalue weighted by Crippen LogP contribution is -2.47. The van der Waals surface area contributed by atoms with Crippen LogP contribution >= 0.6 is 28.3 Å². The number of carbonyl (C=O) groups excluding carboxylic acids is 2. The van der Waals surface area contributed by atoms with Gasteiger partial charge < -0.3 is 15.1 Å². The molecule has 2 heterocycles. The van der Waals surface area contributed by atoms with Crippen LogP contribution in [0.2, 0.25) is 0 Å². The van der Waals surface area contributed by atoms with Crippen LogP contribution in [0.4, 0.5) is 5.69 Å². The molecule has 2 unspecified atom stereocenters. The molecular formula is C18H25BrClN3O2. The number of carbonyl (C=O) groups is 2. The minimum atomic E-state index is -0.531. The van der Waals surface area contributed by atoms with Crippen LogP contribution in [0.15, 0.2) is 28.7 Å². The molecule has 0 radical (unpaired) electrons. The second-order valence-corrected chi connectivity index (χ2v) is 7.40. The first-order valence-electron chi connectivity index (χ1n) is 8.70. The normalized spacial score (nSPS) is 22.8. The summed E-state index contributed by atoms with van der Waals surface area (Å²) in [6, 6.07) is 7.92. The van der Waals surface area contributed by atoms with Gasteiger partial charge >= 0.3 is 0 Å². The predicted octanol–water partition coefficient (Wildman–Crippen LogP) is 2.82. The van der Waals surface area contributed by atoms with Crippen molar-refractivity contribution in [1.29, 1.82) is 0 Å². The van der Waals surface area contributed by atoms with Gasteiger partial charge in [-0.3, -0.25) is 9.59 Å². The highest BCUT2D eigenvalue weighted by Gasteiger charge is 2.41. The maximum Gasteiger partial charge on any atom is 0.239 e. The topological polar surface area (TPSA) is 52.7 Å². The van der Waals surface area contributed by atoms with E-state index in [2.05, 4.69) is 28.2 Å². The summed E-state index contributed by atoms with van der Waals surface area (Å²) in [6.45, 7) is 5.19. The Hall–Kier alpha value is -1.11. The van der Waals surface area contributed by atoms with Crippen LogP contribution in [0.5, 0.6) is 0 Å². The molecule has 2 amide bonds. The molecule has 0 bridgehead atoms. The fraction of sp³-hybridized carbons (Fsp3) is 0.556. The Morgan fingerprint density at radius 3 is 2.84 bits per heavy atom. The Morgan fingerprint density at radius 2 is 2.20 bits per heavy atom. The molecule has 25 heavy (non-hydrogen) atoms. The summed E-state index contributed by atoms with van der Waals surface area (Å²) in [4.78, 5) is 29.5. The standard InChI is InChI=1S/C18H24BrN3O2.ClH/c1-2-9-21(15-6-8-20-12-15)17(23)16-7-10-22(18(16)24)14-5-3-4-13(19)11-14;/h3-5,11,15-16,20H,2,6-10,12H2,1H3;1H. The zero-order valence-corrected chi connectivity index (χ0v) is 16.8. The number of rotatable bonds is 5. The zero-order chi connectivity index (χ0) is 17.1.